The molecule has 1 fully saturated rings. The second-order valence-corrected chi connectivity index (χ2v) is 9.45. The van der Waals surface area contributed by atoms with Crippen LogP contribution < -0.4 is 11.1 Å². The Kier molecular flexibility index (Phi) is 6.08. The second kappa shape index (κ2) is 9.32. The molecule has 0 unspecified atom stereocenters. The van der Waals surface area contributed by atoms with Crippen LogP contribution in [0.3, 0.4) is 0 Å². The van der Waals surface area contributed by atoms with Gasteiger partial charge in [0.2, 0.25) is 11.9 Å². The third-order valence-electron chi connectivity index (χ3n) is 6.26. The molecule has 1 saturated heterocycles. The van der Waals surface area contributed by atoms with E-state index in [1.807, 2.05) is 60.8 Å². The van der Waals surface area contributed by atoms with E-state index in [2.05, 4.69) is 20.3 Å². The first-order valence-corrected chi connectivity index (χ1v) is 12.0. The van der Waals surface area contributed by atoms with Gasteiger partial charge >= 0.3 is 0 Å². The van der Waals surface area contributed by atoms with Gasteiger partial charge in [0, 0.05) is 47.8 Å². The first kappa shape index (κ1) is 22.2. The Morgan fingerprint density at radius 1 is 1.03 bits per heavy atom. The molecule has 172 valence electrons. The van der Waals surface area contributed by atoms with Crippen LogP contribution in [-0.2, 0) is 14.9 Å². The van der Waals surface area contributed by atoms with Crippen LogP contribution in [0.25, 0.3) is 22.4 Å². The van der Waals surface area contributed by atoms with Crippen molar-refractivity contribution >= 4 is 28.9 Å². The van der Waals surface area contributed by atoms with Crippen LogP contribution in [0.4, 0.5) is 11.6 Å². The zero-order chi connectivity index (χ0) is 23.5. The molecule has 0 atom stereocenters. The van der Waals surface area contributed by atoms with Gasteiger partial charge in [0.15, 0.2) is 0 Å². The molecule has 0 aliphatic carbocycles. The van der Waals surface area contributed by atoms with Gasteiger partial charge in [0.25, 0.3) is 0 Å². The van der Waals surface area contributed by atoms with Gasteiger partial charge in [-0.05, 0) is 43.0 Å². The summed E-state index contributed by atoms with van der Waals surface area (Å²) in [7, 11) is 0. The minimum absolute atomic E-state index is 0.0222. The van der Waals surface area contributed by atoms with Gasteiger partial charge in [-0.25, -0.2) is 15.0 Å². The minimum Gasteiger partial charge on any atom is -0.381 e. The van der Waals surface area contributed by atoms with E-state index >= 15 is 0 Å². The Hall–Kier alpha value is -3.62. The molecule has 0 saturated carbocycles. The number of nitrogens with one attached hydrogen (secondary N) is 1. The third-order valence-corrected chi connectivity index (χ3v) is 7.03. The normalized spacial score (nSPS) is 15.1. The lowest BCUT2D eigenvalue weighted by atomic mass is 9.73. The van der Waals surface area contributed by atoms with Crippen LogP contribution in [-0.4, -0.2) is 34.1 Å². The van der Waals surface area contributed by atoms with Crippen molar-refractivity contribution < 1.29 is 9.53 Å². The van der Waals surface area contributed by atoms with E-state index in [-0.39, 0.29) is 11.9 Å². The van der Waals surface area contributed by atoms with E-state index in [0.29, 0.717) is 26.1 Å². The Balaban J connectivity index is 1.42. The fraction of sp³-hybridized carbons (Fsp3) is 0.231. The molecule has 0 radical (unpaired) electrons. The number of aryl methyl sites for hydroxylation is 1. The Bertz CT molecular complexity index is 1300. The van der Waals surface area contributed by atoms with E-state index in [9.17, 15) is 4.79 Å². The summed E-state index contributed by atoms with van der Waals surface area (Å²) in [6, 6.07) is 15.9. The first-order chi connectivity index (χ1) is 16.5. The van der Waals surface area contributed by atoms with Crippen molar-refractivity contribution in [1.82, 2.24) is 15.0 Å². The molecule has 2 aromatic carbocycles. The van der Waals surface area contributed by atoms with Gasteiger partial charge in [-0.15, -0.1) is 11.3 Å². The highest BCUT2D eigenvalue weighted by Gasteiger charge is 2.41. The number of nitrogens with two attached hydrogens (primary N) is 1. The molecule has 34 heavy (non-hydrogen) atoms. The molecule has 7 nitrogen and oxygen atoms in total. The molecule has 3 heterocycles. The smallest absolute Gasteiger partial charge is 0.235 e. The minimum atomic E-state index is -0.665. The summed E-state index contributed by atoms with van der Waals surface area (Å²) in [4.78, 5) is 26.4. The lowest BCUT2D eigenvalue weighted by molar-refractivity contribution is -0.125. The van der Waals surface area contributed by atoms with Crippen molar-refractivity contribution in [3.05, 3.63) is 76.9 Å². The summed E-state index contributed by atoms with van der Waals surface area (Å²) in [6.45, 7) is 3.07. The lowest BCUT2D eigenvalue weighted by Crippen LogP contribution is -2.44. The van der Waals surface area contributed by atoms with Crippen LogP contribution in [0, 0.1) is 6.92 Å². The monoisotopic (exact) mass is 471 g/mol. The molecule has 4 aromatic rings. The summed E-state index contributed by atoms with van der Waals surface area (Å²) >= 11 is 1.61. The van der Waals surface area contributed by atoms with Crippen LogP contribution in [0.1, 0.15) is 23.4 Å². The fourth-order valence-corrected chi connectivity index (χ4v) is 4.96. The highest BCUT2D eigenvalue weighted by molar-refractivity contribution is 7.09. The first-order valence-electron chi connectivity index (χ1n) is 11.1. The number of nitrogen functional groups attached to an aromatic ring is 1. The molecule has 2 aromatic heterocycles. The average Bonchev–Trinajstić information content (AvgIpc) is 3.31. The second-order valence-electron chi connectivity index (χ2n) is 8.39. The number of carbonyl (C=O) groups excluding carboxylic acids is 1. The molecule has 5 rings (SSSR count). The molecular weight excluding hydrogens is 446 g/mol. The van der Waals surface area contributed by atoms with Crippen molar-refractivity contribution in [2.24, 2.45) is 0 Å². The zero-order valence-electron chi connectivity index (χ0n) is 18.8. The number of rotatable bonds is 5. The van der Waals surface area contributed by atoms with Gasteiger partial charge in [-0.2, -0.15) is 0 Å². The predicted octanol–water partition coefficient (Wildman–Crippen LogP) is 4.84. The molecule has 3 N–H and O–H groups in total. The standard InChI is InChI=1S/C26H25N5O2S/c1-17-30-23(16-34-17)19-3-2-4-22(13-19)31-24(32)26(9-11-33-12-10-26)21-7-5-18(6-8-21)20-14-28-25(27)29-15-20/h2-8,13-16H,9-12H2,1H3,(H,31,32)(H2,27,28,29). The van der Waals surface area contributed by atoms with Crippen molar-refractivity contribution in [1.29, 1.82) is 0 Å². The van der Waals surface area contributed by atoms with Gasteiger partial charge in [-0.3, -0.25) is 4.79 Å². The number of nitrogens with zero attached hydrogens (tertiary/aromatic N) is 3. The summed E-state index contributed by atoms with van der Waals surface area (Å²) in [5.41, 5.74) is 10.4. The largest absolute Gasteiger partial charge is 0.381 e. The Labute approximate surface area is 202 Å². The number of hydrogen-bond donors (Lipinski definition) is 2. The highest BCUT2D eigenvalue weighted by atomic mass is 32.1. The number of ether oxygens (including phenoxy) is 1. The van der Waals surface area contributed by atoms with E-state index in [1.165, 1.54) is 0 Å². The van der Waals surface area contributed by atoms with Crippen LogP contribution in [0.2, 0.25) is 0 Å². The van der Waals surface area contributed by atoms with Crippen molar-refractivity contribution in [2.45, 2.75) is 25.2 Å². The number of hydrogen-bond acceptors (Lipinski definition) is 7. The lowest BCUT2D eigenvalue weighted by Gasteiger charge is -2.36. The summed E-state index contributed by atoms with van der Waals surface area (Å²) < 4.78 is 5.61. The van der Waals surface area contributed by atoms with Gasteiger partial charge < -0.3 is 15.8 Å². The van der Waals surface area contributed by atoms with Crippen LogP contribution in [0.5, 0.6) is 0 Å². The third kappa shape index (κ3) is 4.42. The van der Waals surface area contributed by atoms with Gasteiger partial charge in [0.1, 0.15) is 0 Å². The molecule has 1 aliphatic rings. The molecule has 8 heteroatoms. The summed E-state index contributed by atoms with van der Waals surface area (Å²) in [5, 5.41) is 6.21. The number of aromatic nitrogens is 3. The van der Waals surface area contributed by atoms with Crippen molar-refractivity contribution in [3.63, 3.8) is 0 Å². The highest BCUT2D eigenvalue weighted by Crippen LogP contribution is 2.37. The molecule has 0 spiro atoms. The predicted molar refractivity (Wildman–Crippen MR) is 135 cm³/mol. The van der Waals surface area contributed by atoms with E-state index in [4.69, 9.17) is 10.5 Å². The Morgan fingerprint density at radius 3 is 2.44 bits per heavy atom. The van der Waals surface area contributed by atoms with Crippen molar-refractivity contribution in [3.8, 4) is 22.4 Å². The Morgan fingerprint density at radius 2 is 1.76 bits per heavy atom. The topological polar surface area (TPSA) is 103 Å². The van der Waals surface area contributed by atoms with E-state index in [1.54, 1.807) is 23.7 Å². The number of thiazole rings is 1. The quantitative estimate of drug-likeness (QED) is 0.432. The van der Waals surface area contributed by atoms with Gasteiger partial charge in [-0.1, -0.05) is 36.4 Å². The van der Waals surface area contributed by atoms with Crippen LogP contribution in [0.15, 0.2) is 66.3 Å². The average molecular weight is 472 g/mol. The number of amides is 1. The fourth-order valence-electron chi connectivity index (χ4n) is 4.34. The summed E-state index contributed by atoms with van der Waals surface area (Å²) in [5.74, 6) is 0.221. The number of anilines is 2. The van der Waals surface area contributed by atoms with E-state index in [0.717, 1.165) is 38.6 Å². The maximum Gasteiger partial charge on any atom is 0.235 e. The van der Waals surface area contributed by atoms with Crippen molar-refractivity contribution in [2.75, 3.05) is 24.3 Å². The zero-order valence-corrected chi connectivity index (χ0v) is 19.6. The molecule has 0 bridgehead atoms. The van der Waals surface area contributed by atoms with E-state index < -0.39 is 5.41 Å². The molecule has 1 amide bonds. The van der Waals surface area contributed by atoms with Crippen LogP contribution >= 0.6 is 11.3 Å². The maximum atomic E-state index is 13.7. The number of benzene rings is 2. The van der Waals surface area contributed by atoms with Gasteiger partial charge in [0.05, 0.1) is 16.1 Å². The molecular formula is C26H25N5O2S. The summed E-state index contributed by atoms with van der Waals surface area (Å²) in [6.07, 6.45) is 4.64. The SMILES string of the molecule is Cc1nc(-c2cccc(NC(=O)C3(c4ccc(-c5cnc(N)nc5)cc4)CCOCC3)c2)cs1. The maximum absolute atomic E-state index is 13.7. The molecule has 1 aliphatic heterocycles. The number of carbonyl (C=O) groups is 1.